The van der Waals surface area contributed by atoms with Crippen molar-refractivity contribution in [1.29, 1.82) is 0 Å². The van der Waals surface area contributed by atoms with Crippen LogP contribution in [0.4, 0.5) is 4.39 Å². The van der Waals surface area contributed by atoms with E-state index in [1.54, 1.807) is 73.5 Å². The van der Waals surface area contributed by atoms with Crippen molar-refractivity contribution in [2.75, 3.05) is 39.8 Å². The summed E-state index contributed by atoms with van der Waals surface area (Å²) in [4.78, 5) is 28.9. The fraction of sp³-hybridized carbons (Fsp3) is 0.389. The molecule has 0 aromatic heterocycles. The highest BCUT2D eigenvalue weighted by Gasteiger charge is 2.28. The Kier molecular flexibility index (Phi) is 13.6. The molecule has 3 aromatic rings. The first-order valence-corrected chi connectivity index (χ1v) is 15.4. The zero-order valence-corrected chi connectivity index (χ0v) is 27.0. The van der Waals surface area contributed by atoms with Crippen molar-refractivity contribution in [2.45, 2.75) is 52.4 Å². The van der Waals surface area contributed by atoms with E-state index in [4.69, 9.17) is 9.47 Å². The first kappa shape index (κ1) is 35.3. The van der Waals surface area contributed by atoms with Gasteiger partial charge >= 0.3 is 0 Å². The maximum absolute atomic E-state index is 14.5. The number of carbonyl (C=O) groups is 2. The van der Waals surface area contributed by atoms with Crippen LogP contribution >= 0.6 is 0 Å². The zero-order valence-electron chi connectivity index (χ0n) is 27.0. The minimum Gasteiger partial charge on any atom is -0.497 e. The summed E-state index contributed by atoms with van der Waals surface area (Å²) in [6.07, 6.45) is 1.24. The van der Waals surface area contributed by atoms with Crippen LogP contribution in [0.1, 0.15) is 66.4 Å². The number of nitrogens with one attached hydrogen (secondary N) is 1. The van der Waals surface area contributed by atoms with Gasteiger partial charge in [0.2, 0.25) is 5.91 Å². The SMILES string of the molecule is C=CC(=O)N1CCN(CC(Oc2ccc(C(=O)NCC(O)c3ccc(OC)cc3)cc2)c2ccc(C)c(F)c2)C[C@H]1C.CCC. The van der Waals surface area contributed by atoms with E-state index in [1.807, 2.05) is 13.0 Å². The molecule has 9 heteroatoms. The number of aliphatic hydroxyl groups excluding tert-OH is 1. The molecule has 8 nitrogen and oxygen atoms in total. The predicted octanol–water partition coefficient (Wildman–Crippen LogP) is 5.86. The lowest BCUT2D eigenvalue weighted by molar-refractivity contribution is -0.130. The molecule has 1 fully saturated rings. The van der Waals surface area contributed by atoms with E-state index in [-0.39, 0.29) is 30.2 Å². The average molecular weight is 620 g/mol. The molecule has 1 saturated heterocycles. The van der Waals surface area contributed by atoms with E-state index in [0.717, 1.165) is 0 Å². The van der Waals surface area contributed by atoms with Gasteiger partial charge in [0.05, 0.1) is 13.2 Å². The monoisotopic (exact) mass is 619 g/mol. The van der Waals surface area contributed by atoms with Crippen LogP contribution in [0.3, 0.4) is 0 Å². The number of piperazine rings is 1. The van der Waals surface area contributed by atoms with Gasteiger partial charge in [0.1, 0.15) is 23.4 Å². The molecule has 0 aliphatic carbocycles. The third-order valence-corrected chi connectivity index (χ3v) is 7.51. The topological polar surface area (TPSA) is 91.3 Å². The van der Waals surface area contributed by atoms with Crippen molar-refractivity contribution >= 4 is 11.8 Å². The molecular weight excluding hydrogens is 573 g/mol. The largest absolute Gasteiger partial charge is 0.497 e. The number of benzene rings is 3. The smallest absolute Gasteiger partial charge is 0.251 e. The average Bonchev–Trinajstić information content (AvgIpc) is 3.05. The summed E-state index contributed by atoms with van der Waals surface area (Å²) >= 11 is 0. The molecule has 1 aliphatic rings. The second-order valence-electron chi connectivity index (χ2n) is 11.2. The maximum atomic E-state index is 14.5. The van der Waals surface area contributed by atoms with Crippen molar-refractivity contribution in [2.24, 2.45) is 0 Å². The molecule has 45 heavy (non-hydrogen) atoms. The van der Waals surface area contributed by atoms with Crippen LogP contribution < -0.4 is 14.8 Å². The Balaban J connectivity index is 0.00000177. The third kappa shape index (κ3) is 10.2. The highest BCUT2D eigenvalue weighted by atomic mass is 19.1. The van der Waals surface area contributed by atoms with Crippen LogP contribution in [0.15, 0.2) is 79.4 Å². The molecular formula is C36H46FN3O5. The highest BCUT2D eigenvalue weighted by Crippen LogP contribution is 2.26. The zero-order chi connectivity index (χ0) is 32.9. The quantitative estimate of drug-likeness (QED) is 0.261. The number of methoxy groups -OCH3 is 1. The molecule has 0 bridgehead atoms. The molecule has 1 aliphatic heterocycles. The number of carbonyl (C=O) groups excluding carboxylic acids is 2. The fourth-order valence-corrected chi connectivity index (χ4v) is 4.98. The Hall–Kier alpha value is -4.21. The lowest BCUT2D eigenvalue weighted by Crippen LogP contribution is -2.54. The molecule has 1 heterocycles. The van der Waals surface area contributed by atoms with Gasteiger partial charge in [-0.05, 0) is 79.1 Å². The normalized spacial score (nSPS) is 16.1. The van der Waals surface area contributed by atoms with Crippen LogP contribution in [0, 0.1) is 12.7 Å². The number of aliphatic hydroxyl groups is 1. The molecule has 0 saturated carbocycles. The first-order valence-electron chi connectivity index (χ1n) is 15.4. The molecule has 2 unspecified atom stereocenters. The number of ether oxygens (including phenoxy) is 2. The second kappa shape index (κ2) is 17.3. The summed E-state index contributed by atoms with van der Waals surface area (Å²) in [6, 6.07) is 18.8. The van der Waals surface area contributed by atoms with Crippen molar-refractivity contribution in [1.82, 2.24) is 15.1 Å². The number of amides is 2. The fourth-order valence-electron chi connectivity index (χ4n) is 4.98. The van der Waals surface area contributed by atoms with Crippen LogP contribution in [0.2, 0.25) is 0 Å². The number of rotatable bonds is 11. The summed E-state index contributed by atoms with van der Waals surface area (Å²) in [5.74, 6) is 0.496. The summed E-state index contributed by atoms with van der Waals surface area (Å²) in [6.45, 7) is 14.0. The van der Waals surface area contributed by atoms with E-state index >= 15 is 0 Å². The summed E-state index contributed by atoms with van der Waals surface area (Å²) in [5, 5.41) is 13.2. The van der Waals surface area contributed by atoms with Gasteiger partial charge in [0.25, 0.3) is 5.91 Å². The Morgan fingerprint density at radius 2 is 1.67 bits per heavy atom. The molecule has 3 aromatic carbocycles. The molecule has 242 valence electrons. The van der Waals surface area contributed by atoms with Gasteiger partial charge in [-0.2, -0.15) is 0 Å². The number of aryl methyl sites for hydroxylation is 1. The molecule has 4 rings (SSSR count). The summed E-state index contributed by atoms with van der Waals surface area (Å²) in [7, 11) is 1.57. The maximum Gasteiger partial charge on any atom is 0.251 e. The Bertz CT molecular complexity index is 1400. The van der Waals surface area contributed by atoms with Crippen molar-refractivity contribution in [3.63, 3.8) is 0 Å². The van der Waals surface area contributed by atoms with Gasteiger partial charge in [0.15, 0.2) is 0 Å². The Morgan fingerprint density at radius 1 is 1.04 bits per heavy atom. The number of hydrogen-bond donors (Lipinski definition) is 2. The molecule has 0 radical (unpaired) electrons. The van der Waals surface area contributed by atoms with Crippen LogP contribution in [-0.2, 0) is 4.79 Å². The Morgan fingerprint density at radius 3 is 2.24 bits per heavy atom. The minimum atomic E-state index is -0.863. The first-order chi connectivity index (χ1) is 21.6. The van der Waals surface area contributed by atoms with Crippen molar-refractivity contribution in [3.05, 3.63) is 107 Å². The second-order valence-corrected chi connectivity index (χ2v) is 11.2. The molecule has 2 amide bonds. The molecule has 3 atom stereocenters. The lowest BCUT2D eigenvalue weighted by atomic mass is 10.0. The third-order valence-electron chi connectivity index (χ3n) is 7.51. The lowest BCUT2D eigenvalue weighted by Gasteiger charge is -2.40. The number of halogens is 1. The van der Waals surface area contributed by atoms with Crippen molar-refractivity contribution in [3.8, 4) is 11.5 Å². The van der Waals surface area contributed by atoms with Gasteiger partial charge in [-0.25, -0.2) is 4.39 Å². The summed E-state index contributed by atoms with van der Waals surface area (Å²) < 4.78 is 26.0. The standard InChI is InChI=1S/C33H38FN3O5.C3H8/c1-5-32(39)37-17-16-36(20-23(37)3)21-31(26-7-6-22(2)29(34)18-26)42-28-14-10-25(11-15-28)33(40)35-19-30(38)24-8-12-27(41-4)13-9-24;1-3-2/h5-15,18,23,30-31,38H,1,16-17,19-21H2,2-4H3,(H,35,40);3H2,1-2H3/t23-,30?,31?;/m1./s1. The Labute approximate surface area is 266 Å². The van der Waals surface area contributed by atoms with Gasteiger partial charge in [-0.3, -0.25) is 14.5 Å². The van der Waals surface area contributed by atoms with Gasteiger partial charge in [0, 0.05) is 44.3 Å². The van der Waals surface area contributed by atoms with Crippen LogP contribution in [0.25, 0.3) is 0 Å². The number of nitrogens with zero attached hydrogens (tertiary/aromatic N) is 2. The summed E-state index contributed by atoms with van der Waals surface area (Å²) in [5.41, 5.74) is 2.33. The van der Waals surface area contributed by atoms with E-state index < -0.39 is 12.2 Å². The van der Waals surface area contributed by atoms with E-state index in [0.29, 0.717) is 59.9 Å². The van der Waals surface area contributed by atoms with Gasteiger partial charge < -0.3 is 24.8 Å². The van der Waals surface area contributed by atoms with Crippen LogP contribution in [-0.4, -0.2) is 72.6 Å². The van der Waals surface area contributed by atoms with E-state index in [9.17, 15) is 19.1 Å². The van der Waals surface area contributed by atoms with Gasteiger partial charge in [-0.1, -0.05) is 51.1 Å². The van der Waals surface area contributed by atoms with Crippen molar-refractivity contribution < 1.29 is 28.6 Å². The predicted molar refractivity (Wildman–Crippen MR) is 175 cm³/mol. The highest BCUT2D eigenvalue weighted by molar-refractivity contribution is 5.94. The molecule has 0 spiro atoms. The van der Waals surface area contributed by atoms with Crippen LogP contribution in [0.5, 0.6) is 11.5 Å². The number of hydrogen-bond acceptors (Lipinski definition) is 6. The van der Waals surface area contributed by atoms with Gasteiger partial charge in [-0.15, -0.1) is 0 Å². The van der Waals surface area contributed by atoms with E-state index in [2.05, 4.69) is 30.6 Å². The molecule has 2 N–H and O–H groups in total. The van der Waals surface area contributed by atoms with E-state index in [1.165, 1.54) is 18.6 Å². The minimum absolute atomic E-state index is 0.000637.